The lowest BCUT2D eigenvalue weighted by atomic mass is 9.92. The molecule has 0 aromatic heterocycles. The van der Waals surface area contributed by atoms with Crippen molar-refractivity contribution in [3.63, 3.8) is 0 Å². The van der Waals surface area contributed by atoms with Gasteiger partial charge < -0.3 is 15.1 Å². The average molecular weight is 376 g/mol. The third-order valence-electron chi connectivity index (χ3n) is 5.53. The summed E-state index contributed by atoms with van der Waals surface area (Å²) in [7, 11) is 0. The maximum atomic E-state index is 12.4. The standard InChI is InChI=1S/C17H29N3O2S.ClH/c21-16(19-6-2-1-3-7-19)12-23-13-17(22)20-8-4-14-10-18-11-15(14)5-9-20;/h14-15,18H,1-13H2;1H/t14-,15+;. The SMILES string of the molecule is Cl.O=C(CSCC(=O)N1CC[C@@H]2CNC[C@@H]2CC1)N1CCCCC1. The van der Waals surface area contributed by atoms with Crippen molar-refractivity contribution in [2.75, 3.05) is 50.8 Å². The minimum Gasteiger partial charge on any atom is -0.342 e. The molecule has 3 saturated heterocycles. The van der Waals surface area contributed by atoms with Gasteiger partial charge >= 0.3 is 0 Å². The molecule has 3 aliphatic heterocycles. The zero-order valence-corrected chi connectivity index (χ0v) is 16.0. The van der Waals surface area contributed by atoms with Crippen LogP contribution in [0.2, 0.25) is 0 Å². The van der Waals surface area contributed by atoms with Crippen LogP contribution in [-0.2, 0) is 9.59 Å². The fourth-order valence-electron chi connectivity index (χ4n) is 4.02. The van der Waals surface area contributed by atoms with Crippen molar-refractivity contribution in [1.29, 1.82) is 0 Å². The van der Waals surface area contributed by atoms with Crippen LogP contribution in [0.25, 0.3) is 0 Å². The second-order valence-electron chi connectivity index (χ2n) is 7.07. The zero-order valence-electron chi connectivity index (χ0n) is 14.4. The van der Waals surface area contributed by atoms with Crippen molar-refractivity contribution in [3.8, 4) is 0 Å². The lowest BCUT2D eigenvalue weighted by Gasteiger charge is -2.26. The van der Waals surface area contributed by atoms with E-state index in [1.165, 1.54) is 18.2 Å². The maximum absolute atomic E-state index is 12.4. The highest BCUT2D eigenvalue weighted by molar-refractivity contribution is 8.00. The van der Waals surface area contributed by atoms with E-state index in [4.69, 9.17) is 0 Å². The van der Waals surface area contributed by atoms with Crippen molar-refractivity contribution in [2.24, 2.45) is 11.8 Å². The molecule has 0 spiro atoms. The molecule has 0 saturated carbocycles. The van der Waals surface area contributed by atoms with Crippen molar-refractivity contribution in [2.45, 2.75) is 32.1 Å². The summed E-state index contributed by atoms with van der Waals surface area (Å²) >= 11 is 1.49. The van der Waals surface area contributed by atoms with Crippen LogP contribution in [-0.4, -0.2) is 72.4 Å². The molecule has 3 rings (SSSR count). The van der Waals surface area contributed by atoms with E-state index in [-0.39, 0.29) is 24.2 Å². The van der Waals surface area contributed by atoms with Gasteiger partial charge in [0.15, 0.2) is 0 Å². The first-order valence-electron chi connectivity index (χ1n) is 9.08. The molecule has 5 nitrogen and oxygen atoms in total. The normalized spacial score (nSPS) is 27.2. The highest BCUT2D eigenvalue weighted by Crippen LogP contribution is 2.27. The molecule has 0 aliphatic carbocycles. The van der Waals surface area contributed by atoms with Crippen molar-refractivity contribution in [3.05, 3.63) is 0 Å². The Balaban J connectivity index is 0.00000208. The van der Waals surface area contributed by atoms with Gasteiger partial charge in [-0.15, -0.1) is 24.2 Å². The number of likely N-dealkylation sites (tertiary alicyclic amines) is 2. The van der Waals surface area contributed by atoms with Crippen LogP contribution in [0.4, 0.5) is 0 Å². The molecule has 7 heteroatoms. The number of rotatable bonds is 4. The summed E-state index contributed by atoms with van der Waals surface area (Å²) in [5, 5.41) is 3.46. The van der Waals surface area contributed by atoms with Gasteiger partial charge in [0.05, 0.1) is 11.5 Å². The Morgan fingerprint density at radius 1 is 0.833 bits per heavy atom. The van der Waals surface area contributed by atoms with Crippen molar-refractivity contribution in [1.82, 2.24) is 15.1 Å². The molecule has 24 heavy (non-hydrogen) atoms. The molecule has 0 radical (unpaired) electrons. The first kappa shape index (κ1) is 19.9. The van der Waals surface area contributed by atoms with Gasteiger partial charge in [-0.3, -0.25) is 9.59 Å². The number of carbonyl (C=O) groups is 2. The summed E-state index contributed by atoms with van der Waals surface area (Å²) in [5.74, 6) is 2.83. The van der Waals surface area contributed by atoms with Crippen LogP contribution >= 0.6 is 24.2 Å². The Labute approximate surface area is 155 Å². The quantitative estimate of drug-likeness (QED) is 0.811. The van der Waals surface area contributed by atoms with Crippen molar-refractivity contribution >= 4 is 36.0 Å². The average Bonchev–Trinajstić information content (AvgIpc) is 2.93. The fourth-order valence-corrected chi connectivity index (χ4v) is 4.84. The van der Waals surface area contributed by atoms with Gasteiger partial charge in [0, 0.05) is 26.2 Å². The van der Waals surface area contributed by atoms with Crippen LogP contribution < -0.4 is 5.32 Å². The molecule has 0 bridgehead atoms. The largest absolute Gasteiger partial charge is 0.342 e. The van der Waals surface area contributed by atoms with Crippen molar-refractivity contribution < 1.29 is 9.59 Å². The molecular weight excluding hydrogens is 346 g/mol. The minimum atomic E-state index is 0. The van der Waals surface area contributed by atoms with Crippen LogP contribution in [0.1, 0.15) is 32.1 Å². The third kappa shape index (κ3) is 5.27. The number of thioether (sulfide) groups is 1. The van der Waals surface area contributed by atoms with E-state index in [2.05, 4.69) is 5.32 Å². The topological polar surface area (TPSA) is 52.7 Å². The van der Waals surface area contributed by atoms with Gasteiger partial charge in [0.1, 0.15) is 0 Å². The second-order valence-corrected chi connectivity index (χ2v) is 8.06. The molecule has 3 aliphatic rings. The highest BCUT2D eigenvalue weighted by atomic mass is 35.5. The van der Waals surface area contributed by atoms with E-state index in [1.54, 1.807) is 0 Å². The van der Waals surface area contributed by atoms with Gasteiger partial charge in [-0.25, -0.2) is 0 Å². The molecule has 1 N–H and O–H groups in total. The van der Waals surface area contributed by atoms with E-state index < -0.39 is 0 Å². The Morgan fingerprint density at radius 2 is 1.33 bits per heavy atom. The Morgan fingerprint density at radius 3 is 1.88 bits per heavy atom. The molecule has 0 unspecified atom stereocenters. The summed E-state index contributed by atoms with van der Waals surface area (Å²) in [5.41, 5.74) is 0. The van der Waals surface area contributed by atoms with Gasteiger partial charge in [-0.2, -0.15) is 0 Å². The number of hydrogen-bond acceptors (Lipinski definition) is 4. The van der Waals surface area contributed by atoms with Crippen LogP contribution in [0.3, 0.4) is 0 Å². The van der Waals surface area contributed by atoms with Gasteiger partial charge in [0.25, 0.3) is 0 Å². The maximum Gasteiger partial charge on any atom is 0.232 e. The van der Waals surface area contributed by atoms with Gasteiger partial charge in [-0.1, -0.05) is 0 Å². The molecule has 138 valence electrons. The second kappa shape index (κ2) is 9.88. The Hall–Kier alpha value is -0.460. The number of hydrogen-bond donors (Lipinski definition) is 1. The highest BCUT2D eigenvalue weighted by Gasteiger charge is 2.31. The van der Waals surface area contributed by atoms with E-state index in [1.807, 2.05) is 9.80 Å². The summed E-state index contributed by atoms with van der Waals surface area (Å²) in [6.45, 7) is 5.81. The van der Waals surface area contributed by atoms with E-state index >= 15 is 0 Å². The number of amides is 2. The predicted molar refractivity (Wildman–Crippen MR) is 101 cm³/mol. The fraction of sp³-hybridized carbons (Fsp3) is 0.882. The number of nitrogens with one attached hydrogen (secondary N) is 1. The van der Waals surface area contributed by atoms with Gasteiger partial charge in [0.2, 0.25) is 11.8 Å². The predicted octanol–water partition coefficient (Wildman–Crippen LogP) is 1.61. The first-order chi connectivity index (χ1) is 11.2. The van der Waals surface area contributed by atoms with E-state index in [0.717, 1.165) is 76.8 Å². The molecule has 3 heterocycles. The summed E-state index contributed by atoms with van der Waals surface area (Å²) in [6, 6.07) is 0. The molecule has 0 aromatic carbocycles. The summed E-state index contributed by atoms with van der Waals surface area (Å²) in [6.07, 6.45) is 5.74. The lowest BCUT2D eigenvalue weighted by molar-refractivity contribution is -0.129. The van der Waals surface area contributed by atoms with Gasteiger partial charge in [-0.05, 0) is 57.0 Å². The van der Waals surface area contributed by atoms with Crippen LogP contribution in [0.5, 0.6) is 0 Å². The zero-order chi connectivity index (χ0) is 16.1. The number of nitrogens with zero attached hydrogens (tertiary/aromatic N) is 2. The Bertz CT molecular complexity index is 418. The summed E-state index contributed by atoms with van der Waals surface area (Å²) < 4.78 is 0. The number of fused-ring (bicyclic) bond motifs is 1. The van der Waals surface area contributed by atoms with Crippen LogP contribution in [0, 0.1) is 11.8 Å². The summed E-state index contributed by atoms with van der Waals surface area (Å²) in [4.78, 5) is 28.5. The van der Waals surface area contributed by atoms with E-state index in [0.29, 0.717) is 11.5 Å². The molecular formula is C17H30ClN3O2S. The van der Waals surface area contributed by atoms with Crippen LogP contribution in [0.15, 0.2) is 0 Å². The Kier molecular flexibility index (Phi) is 8.17. The first-order valence-corrected chi connectivity index (χ1v) is 10.2. The molecule has 3 fully saturated rings. The number of halogens is 1. The third-order valence-corrected chi connectivity index (χ3v) is 6.43. The molecule has 2 amide bonds. The van der Waals surface area contributed by atoms with E-state index in [9.17, 15) is 9.59 Å². The lowest BCUT2D eigenvalue weighted by Crippen LogP contribution is -2.37. The molecule has 2 atom stereocenters. The number of carbonyl (C=O) groups excluding carboxylic acids is 2. The minimum absolute atomic E-state index is 0. The number of piperidine rings is 1. The monoisotopic (exact) mass is 375 g/mol. The molecule has 0 aromatic rings. The smallest absolute Gasteiger partial charge is 0.232 e.